The average Bonchev–Trinajstić information content (AvgIpc) is 2.89. The summed E-state index contributed by atoms with van der Waals surface area (Å²) in [5, 5.41) is 10.8. The molecule has 1 unspecified atom stereocenters. The third kappa shape index (κ3) is 2.87. The summed E-state index contributed by atoms with van der Waals surface area (Å²) in [4.78, 5) is 2.57. The molecule has 0 saturated carbocycles. The molecule has 1 aliphatic heterocycles. The molecule has 2 rings (SSSR count). The molecule has 1 atom stereocenters. The number of aromatic amines is 1. The van der Waals surface area contributed by atoms with E-state index in [9.17, 15) is 0 Å². The van der Waals surface area contributed by atoms with Gasteiger partial charge < -0.3 is 5.32 Å². The van der Waals surface area contributed by atoms with Gasteiger partial charge in [0.25, 0.3) is 0 Å². The molecule has 0 bridgehead atoms. The summed E-state index contributed by atoms with van der Waals surface area (Å²) in [6.07, 6.45) is 2.69. The van der Waals surface area contributed by atoms with E-state index in [0.29, 0.717) is 0 Å². The molecule has 17 heavy (non-hydrogen) atoms. The van der Waals surface area contributed by atoms with Crippen molar-refractivity contribution in [2.45, 2.75) is 46.2 Å². The van der Waals surface area contributed by atoms with E-state index in [2.05, 4.69) is 41.2 Å². The monoisotopic (exact) mass is 236 g/mol. The highest BCUT2D eigenvalue weighted by atomic mass is 15.2. The van der Waals surface area contributed by atoms with Crippen molar-refractivity contribution in [2.75, 3.05) is 19.6 Å². The van der Waals surface area contributed by atoms with Crippen molar-refractivity contribution in [3.8, 4) is 0 Å². The van der Waals surface area contributed by atoms with E-state index in [0.717, 1.165) is 24.8 Å². The lowest BCUT2D eigenvalue weighted by Crippen LogP contribution is -2.37. The van der Waals surface area contributed by atoms with E-state index in [4.69, 9.17) is 0 Å². The van der Waals surface area contributed by atoms with Gasteiger partial charge in [-0.3, -0.25) is 10.00 Å². The van der Waals surface area contributed by atoms with Crippen LogP contribution in [0.2, 0.25) is 0 Å². The smallest absolute Gasteiger partial charge is 0.0638 e. The number of aromatic nitrogens is 2. The minimum Gasteiger partial charge on any atom is -0.311 e. The first-order valence-electron chi connectivity index (χ1n) is 6.67. The Hall–Kier alpha value is -0.870. The third-order valence-electron chi connectivity index (χ3n) is 3.87. The van der Waals surface area contributed by atoms with Crippen LogP contribution >= 0.6 is 0 Å². The Bertz CT molecular complexity index is 339. The molecule has 0 aromatic carbocycles. The van der Waals surface area contributed by atoms with Gasteiger partial charge >= 0.3 is 0 Å². The van der Waals surface area contributed by atoms with Crippen molar-refractivity contribution in [1.29, 1.82) is 0 Å². The predicted molar refractivity (Wildman–Crippen MR) is 70.0 cm³/mol. The molecule has 0 amide bonds. The highest BCUT2D eigenvalue weighted by molar-refractivity contribution is 5.22. The van der Waals surface area contributed by atoms with Crippen LogP contribution in [-0.2, 0) is 6.54 Å². The van der Waals surface area contributed by atoms with Crippen LogP contribution < -0.4 is 5.32 Å². The first-order chi connectivity index (χ1) is 8.22. The van der Waals surface area contributed by atoms with E-state index < -0.39 is 0 Å². The summed E-state index contributed by atoms with van der Waals surface area (Å²) in [6, 6.07) is 0.729. The van der Waals surface area contributed by atoms with E-state index in [1.165, 1.54) is 37.2 Å². The molecule has 4 heteroatoms. The number of nitrogens with zero attached hydrogens (tertiary/aromatic N) is 2. The number of aryl methyl sites for hydroxylation is 2. The van der Waals surface area contributed by atoms with Crippen molar-refractivity contribution >= 4 is 0 Å². The summed E-state index contributed by atoms with van der Waals surface area (Å²) < 4.78 is 0. The minimum absolute atomic E-state index is 0.729. The molecular weight excluding hydrogens is 212 g/mol. The fourth-order valence-corrected chi connectivity index (χ4v) is 2.74. The highest BCUT2D eigenvalue weighted by Gasteiger charge is 2.22. The summed E-state index contributed by atoms with van der Waals surface area (Å²) in [6.45, 7) is 10.9. The molecule has 0 spiro atoms. The van der Waals surface area contributed by atoms with Crippen LogP contribution in [0.4, 0.5) is 0 Å². The number of hydrogen-bond donors (Lipinski definition) is 2. The second kappa shape index (κ2) is 5.65. The molecule has 1 saturated heterocycles. The molecule has 96 valence electrons. The van der Waals surface area contributed by atoms with Crippen LogP contribution in [-0.4, -0.2) is 40.8 Å². The van der Waals surface area contributed by atoms with Gasteiger partial charge in [0.15, 0.2) is 0 Å². The zero-order chi connectivity index (χ0) is 12.3. The Kier molecular flexibility index (Phi) is 4.18. The SMILES string of the molecule is CCN1CCCC1CNCc1c(C)n[nH]c1C. The predicted octanol–water partition coefficient (Wildman–Crippen LogP) is 1.60. The first kappa shape index (κ1) is 12.6. The lowest BCUT2D eigenvalue weighted by atomic mass is 10.2. The Morgan fingerprint density at radius 3 is 2.94 bits per heavy atom. The number of hydrogen-bond acceptors (Lipinski definition) is 3. The molecule has 0 aliphatic carbocycles. The number of H-pyrrole nitrogens is 1. The standard InChI is InChI=1S/C13H24N4/c1-4-17-7-5-6-12(17)8-14-9-13-10(2)15-16-11(13)3/h12,14H,4-9H2,1-3H3,(H,15,16). The first-order valence-corrected chi connectivity index (χ1v) is 6.67. The zero-order valence-corrected chi connectivity index (χ0v) is 11.2. The number of likely N-dealkylation sites (N-methyl/N-ethyl adjacent to an activating group) is 1. The highest BCUT2D eigenvalue weighted by Crippen LogP contribution is 2.16. The largest absolute Gasteiger partial charge is 0.311 e. The Balaban J connectivity index is 1.80. The van der Waals surface area contributed by atoms with Gasteiger partial charge in [0.05, 0.1) is 5.69 Å². The Morgan fingerprint density at radius 1 is 1.47 bits per heavy atom. The van der Waals surface area contributed by atoms with Crippen LogP contribution in [0.5, 0.6) is 0 Å². The van der Waals surface area contributed by atoms with Crippen LogP contribution in [0.3, 0.4) is 0 Å². The van der Waals surface area contributed by atoms with E-state index in [-0.39, 0.29) is 0 Å². The Labute approximate surface area is 104 Å². The van der Waals surface area contributed by atoms with Crippen molar-refractivity contribution in [2.24, 2.45) is 0 Å². The Morgan fingerprint density at radius 2 is 2.29 bits per heavy atom. The fourth-order valence-electron chi connectivity index (χ4n) is 2.74. The van der Waals surface area contributed by atoms with Gasteiger partial charge in [-0.25, -0.2) is 0 Å². The van der Waals surface area contributed by atoms with Crippen molar-refractivity contribution in [3.05, 3.63) is 17.0 Å². The van der Waals surface area contributed by atoms with Gasteiger partial charge in [0.2, 0.25) is 0 Å². The maximum Gasteiger partial charge on any atom is 0.0638 e. The molecule has 2 heterocycles. The number of rotatable bonds is 5. The molecule has 0 radical (unpaired) electrons. The molecule has 1 fully saturated rings. The molecule has 1 aliphatic rings. The lowest BCUT2D eigenvalue weighted by molar-refractivity contribution is 0.260. The van der Waals surface area contributed by atoms with Crippen LogP contribution in [0.25, 0.3) is 0 Å². The van der Waals surface area contributed by atoms with Crippen molar-refractivity contribution < 1.29 is 0 Å². The quantitative estimate of drug-likeness (QED) is 0.816. The molecule has 1 aromatic heterocycles. The summed E-state index contributed by atoms with van der Waals surface area (Å²) >= 11 is 0. The van der Waals surface area contributed by atoms with Crippen LogP contribution in [0.15, 0.2) is 0 Å². The second-order valence-corrected chi connectivity index (χ2v) is 4.97. The second-order valence-electron chi connectivity index (χ2n) is 4.97. The van der Waals surface area contributed by atoms with Crippen LogP contribution in [0, 0.1) is 13.8 Å². The molecule has 2 N–H and O–H groups in total. The number of likely N-dealkylation sites (tertiary alicyclic amines) is 1. The fraction of sp³-hybridized carbons (Fsp3) is 0.769. The van der Waals surface area contributed by atoms with E-state index in [1.54, 1.807) is 0 Å². The molecule has 1 aromatic rings. The van der Waals surface area contributed by atoms with Gasteiger partial charge in [-0.05, 0) is 39.8 Å². The summed E-state index contributed by atoms with van der Waals surface area (Å²) in [7, 11) is 0. The van der Waals surface area contributed by atoms with E-state index >= 15 is 0 Å². The summed E-state index contributed by atoms with van der Waals surface area (Å²) in [5.74, 6) is 0. The normalized spacial score (nSPS) is 21.2. The molecular formula is C13H24N4. The van der Waals surface area contributed by atoms with Gasteiger partial charge in [-0.2, -0.15) is 5.10 Å². The van der Waals surface area contributed by atoms with Gasteiger partial charge in [-0.1, -0.05) is 6.92 Å². The van der Waals surface area contributed by atoms with Gasteiger partial charge in [0.1, 0.15) is 0 Å². The van der Waals surface area contributed by atoms with Crippen molar-refractivity contribution in [3.63, 3.8) is 0 Å². The zero-order valence-electron chi connectivity index (χ0n) is 11.2. The van der Waals surface area contributed by atoms with Gasteiger partial charge in [-0.15, -0.1) is 0 Å². The minimum atomic E-state index is 0.729. The van der Waals surface area contributed by atoms with E-state index in [1.807, 2.05) is 0 Å². The maximum absolute atomic E-state index is 4.22. The maximum atomic E-state index is 4.22. The topological polar surface area (TPSA) is 44.0 Å². The molecule has 4 nitrogen and oxygen atoms in total. The van der Waals surface area contributed by atoms with Crippen LogP contribution in [0.1, 0.15) is 36.7 Å². The van der Waals surface area contributed by atoms with Crippen molar-refractivity contribution in [1.82, 2.24) is 20.4 Å². The van der Waals surface area contributed by atoms with Gasteiger partial charge in [0, 0.05) is 30.4 Å². The lowest BCUT2D eigenvalue weighted by Gasteiger charge is -2.23. The third-order valence-corrected chi connectivity index (χ3v) is 3.87. The summed E-state index contributed by atoms with van der Waals surface area (Å²) in [5.41, 5.74) is 3.63. The number of nitrogens with one attached hydrogen (secondary N) is 2. The average molecular weight is 236 g/mol.